The zero-order valence-electron chi connectivity index (χ0n) is 8.75. The van der Waals surface area contributed by atoms with Crippen LogP contribution in [0.3, 0.4) is 0 Å². The van der Waals surface area contributed by atoms with Crippen LogP contribution in [0.15, 0.2) is 30.3 Å². The molecule has 0 radical (unpaired) electrons. The van der Waals surface area contributed by atoms with E-state index < -0.39 is 0 Å². The molecule has 0 bridgehead atoms. The number of alkyl halides is 1. The fourth-order valence-electron chi connectivity index (χ4n) is 1.39. The van der Waals surface area contributed by atoms with E-state index in [2.05, 4.69) is 15.9 Å². The normalized spacial score (nSPS) is 10.5. The number of hydrogen-bond donors (Lipinski definition) is 0. The maximum Gasteiger partial charge on any atom is 0.142 e. The molecule has 0 aliphatic rings. The van der Waals surface area contributed by atoms with E-state index in [0.29, 0.717) is 17.0 Å². The number of halogens is 3. The lowest BCUT2D eigenvalue weighted by Gasteiger charge is -2.10. The third kappa shape index (κ3) is 3.38. The van der Waals surface area contributed by atoms with E-state index in [1.165, 1.54) is 11.3 Å². The quantitative estimate of drug-likeness (QED) is 0.658. The fourth-order valence-corrected chi connectivity index (χ4v) is 3.08. The highest BCUT2D eigenvalue weighted by Crippen LogP contribution is 2.31. The third-order valence-corrected chi connectivity index (χ3v) is 4.29. The molecule has 2 rings (SSSR count). The maximum atomic E-state index is 6.11. The van der Waals surface area contributed by atoms with E-state index in [4.69, 9.17) is 27.9 Å². The van der Waals surface area contributed by atoms with Gasteiger partial charge in [0.15, 0.2) is 0 Å². The van der Waals surface area contributed by atoms with Crippen molar-refractivity contribution in [2.75, 3.05) is 0 Å². The average Bonchev–Trinajstić information content (AvgIpc) is 2.73. The summed E-state index contributed by atoms with van der Waals surface area (Å²) in [6.07, 6.45) is 0. The summed E-state index contributed by atoms with van der Waals surface area (Å²) in [7, 11) is 0. The summed E-state index contributed by atoms with van der Waals surface area (Å²) in [6, 6.07) is 9.54. The molecule has 0 spiro atoms. The SMILES string of the molecule is Clc1ccc(COc2c(Cl)cccc2CBr)s1. The first-order chi connectivity index (χ1) is 8.20. The fraction of sp³-hybridized carbons (Fsp3) is 0.167. The molecule has 0 atom stereocenters. The topological polar surface area (TPSA) is 9.23 Å². The highest BCUT2D eigenvalue weighted by atomic mass is 79.9. The van der Waals surface area contributed by atoms with Gasteiger partial charge in [-0.15, -0.1) is 11.3 Å². The summed E-state index contributed by atoms with van der Waals surface area (Å²) in [4.78, 5) is 1.08. The molecule has 1 aromatic carbocycles. The molecule has 1 heterocycles. The van der Waals surface area contributed by atoms with E-state index in [-0.39, 0.29) is 0 Å². The Morgan fingerprint density at radius 2 is 2.00 bits per heavy atom. The summed E-state index contributed by atoms with van der Waals surface area (Å²) in [5, 5.41) is 1.35. The van der Waals surface area contributed by atoms with Gasteiger partial charge in [-0.3, -0.25) is 0 Å². The third-order valence-electron chi connectivity index (χ3n) is 2.18. The van der Waals surface area contributed by atoms with Gasteiger partial charge in [-0.05, 0) is 18.2 Å². The van der Waals surface area contributed by atoms with Crippen LogP contribution in [0.4, 0.5) is 0 Å². The molecular formula is C12H9BrCl2OS. The molecule has 0 aliphatic heterocycles. The highest BCUT2D eigenvalue weighted by Gasteiger charge is 2.08. The van der Waals surface area contributed by atoms with Gasteiger partial charge >= 0.3 is 0 Å². The minimum atomic E-state index is 0.487. The zero-order valence-corrected chi connectivity index (χ0v) is 12.7. The molecule has 0 aliphatic carbocycles. The van der Waals surface area contributed by atoms with Crippen molar-refractivity contribution in [1.29, 1.82) is 0 Å². The van der Waals surface area contributed by atoms with Gasteiger partial charge in [-0.2, -0.15) is 0 Å². The highest BCUT2D eigenvalue weighted by molar-refractivity contribution is 9.08. The predicted molar refractivity (Wildman–Crippen MR) is 77.7 cm³/mol. The molecule has 1 nitrogen and oxygen atoms in total. The van der Waals surface area contributed by atoms with Gasteiger partial charge in [0.05, 0.1) is 9.36 Å². The van der Waals surface area contributed by atoms with Crippen molar-refractivity contribution in [3.8, 4) is 5.75 Å². The van der Waals surface area contributed by atoms with Gasteiger partial charge in [0.1, 0.15) is 12.4 Å². The summed E-state index contributed by atoms with van der Waals surface area (Å²) < 4.78 is 6.52. The lowest BCUT2D eigenvalue weighted by molar-refractivity contribution is 0.307. The number of rotatable bonds is 4. The van der Waals surface area contributed by atoms with E-state index in [1.54, 1.807) is 0 Å². The average molecular weight is 352 g/mol. The summed E-state index contributed by atoms with van der Waals surface area (Å²) in [5.74, 6) is 0.732. The minimum absolute atomic E-state index is 0.487. The van der Waals surface area contributed by atoms with Crippen LogP contribution in [0.1, 0.15) is 10.4 Å². The van der Waals surface area contributed by atoms with Crippen LogP contribution in [0.2, 0.25) is 9.36 Å². The Kier molecular flexibility index (Phi) is 4.74. The molecule has 0 unspecified atom stereocenters. The lowest BCUT2D eigenvalue weighted by atomic mass is 10.2. The van der Waals surface area contributed by atoms with Crippen LogP contribution in [0.25, 0.3) is 0 Å². The minimum Gasteiger partial charge on any atom is -0.486 e. The lowest BCUT2D eigenvalue weighted by Crippen LogP contribution is -1.96. The van der Waals surface area contributed by atoms with Crippen LogP contribution in [-0.4, -0.2) is 0 Å². The molecule has 90 valence electrons. The number of thiophene rings is 1. The molecule has 0 amide bonds. The van der Waals surface area contributed by atoms with Crippen LogP contribution in [0.5, 0.6) is 5.75 Å². The number of ether oxygens (including phenoxy) is 1. The van der Waals surface area contributed by atoms with Crippen molar-refractivity contribution in [1.82, 2.24) is 0 Å². The summed E-state index contributed by atoms with van der Waals surface area (Å²) in [5.41, 5.74) is 1.04. The standard InChI is InChI=1S/C12H9BrCl2OS/c13-6-8-2-1-3-10(14)12(8)16-7-9-4-5-11(15)17-9/h1-5H,6-7H2. The Bertz CT molecular complexity index is 513. The molecule has 1 aromatic heterocycles. The second kappa shape index (κ2) is 6.10. The Balaban J connectivity index is 2.13. The zero-order chi connectivity index (χ0) is 12.3. The van der Waals surface area contributed by atoms with E-state index >= 15 is 0 Å². The van der Waals surface area contributed by atoms with Gasteiger partial charge in [0.25, 0.3) is 0 Å². The van der Waals surface area contributed by atoms with Crippen molar-refractivity contribution < 1.29 is 4.74 Å². The van der Waals surface area contributed by atoms with Crippen LogP contribution >= 0.6 is 50.5 Å². The molecular weight excluding hydrogens is 343 g/mol. The predicted octanol–water partition coefficient (Wildman–Crippen LogP) is 5.53. The molecule has 0 N–H and O–H groups in total. The Morgan fingerprint density at radius 1 is 1.18 bits per heavy atom. The molecule has 0 fully saturated rings. The second-order valence-electron chi connectivity index (χ2n) is 3.36. The monoisotopic (exact) mass is 350 g/mol. The number of benzene rings is 1. The van der Waals surface area contributed by atoms with Gasteiger partial charge in [0, 0.05) is 15.8 Å². The molecule has 0 saturated carbocycles. The first-order valence-corrected chi connectivity index (χ1v) is 7.60. The van der Waals surface area contributed by atoms with Gasteiger partial charge < -0.3 is 4.74 Å². The van der Waals surface area contributed by atoms with Crippen molar-refractivity contribution in [3.63, 3.8) is 0 Å². The van der Waals surface area contributed by atoms with Gasteiger partial charge in [0.2, 0.25) is 0 Å². The van der Waals surface area contributed by atoms with Crippen LogP contribution < -0.4 is 4.74 Å². The van der Waals surface area contributed by atoms with Crippen molar-refractivity contribution in [3.05, 3.63) is 50.1 Å². The largest absolute Gasteiger partial charge is 0.486 e. The Morgan fingerprint density at radius 3 is 2.65 bits per heavy atom. The van der Waals surface area contributed by atoms with Crippen molar-refractivity contribution >= 4 is 50.5 Å². The summed E-state index contributed by atoms with van der Waals surface area (Å²) in [6.45, 7) is 0.487. The van der Waals surface area contributed by atoms with Crippen molar-refractivity contribution in [2.45, 2.75) is 11.9 Å². The number of para-hydroxylation sites is 1. The molecule has 0 saturated heterocycles. The second-order valence-corrected chi connectivity index (χ2v) is 6.12. The Labute approximate surface area is 122 Å². The smallest absolute Gasteiger partial charge is 0.142 e. The first kappa shape index (κ1) is 13.2. The van der Waals surface area contributed by atoms with Crippen molar-refractivity contribution in [2.24, 2.45) is 0 Å². The molecule has 2 aromatic rings. The number of hydrogen-bond acceptors (Lipinski definition) is 2. The van der Waals surface area contributed by atoms with Crippen LogP contribution in [0, 0.1) is 0 Å². The molecule has 5 heteroatoms. The first-order valence-electron chi connectivity index (χ1n) is 4.91. The van der Waals surface area contributed by atoms with E-state index in [1.807, 2.05) is 30.3 Å². The summed E-state index contributed by atoms with van der Waals surface area (Å²) >= 11 is 16.9. The van der Waals surface area contributed by atoms with E-state index in [9.17, 15) is 0 Å². The van der Waals surface area contributed by atoms with Crippen LogP contribution in [-0.2, 0) is 11.9 Å². The Hall–Kier alpha value is -0.220. The molecule has 17 heavy (non-hydrogen) atoms. The van der Waals surface area contributed by atoms with Gasteiger partial charge in [-0.1, -0.05) is 51.3 Å². The van der Waals surface area contributed by atoms with Gasteiger partial charge in [-0.25, -0.2) is 0 Å². The maximum absolute atomic E-state index is 6.11. The van der Waals surface area contributed by atoms with E-state index in [0.717, 1.165) is 20.5 Å².